The zero-order chi connectivity index (χ0) is 16.9. The molecule has 1 aliphatic rings. The Kier molecular flexibility index (Phi) is 5.95. The number of benzene rings is 1. The molecule has 0 saturated carbocycles. The van der Waals surface area contributed by atoms with Crippen molar-refractivity contribution in [1.82, 2.24) is 10.2 Å². The number of halogens is 1. The van der Waals surface area contributed by atoms with Gasteiger partial charge in [-0.25, -0.2) is 12.8 Å². The summed E-state index contributed by atoms with van der Waals surface area (Å²) in [5.41, 5.74) is 0. The Labute approximate surface area is 135 Å². The highest BCUT2D eigenvalue weighted by Crippen LogP contribution is 2.11. The molecule has 128 valence electrons. The van der Waals surface area contributed by atoms with Gasteiger partial charge in [0.1, 0.15) is 18.2 Å². The lowest BCUT2D eigenvalue weighted by molar-refractivity contribution is -0.122. The molecule has 2 rings (SSSR count). The van der Waals surface area contributed by atoms with E-state index in [4.69, 9.17) is 4.74 Å². The second-order valence-corrected chi connectivity index (χ2v) is 7.94. The summed E-state index contributed by atoms with van der Waals surface area (Å²) < 4.78 is 40.9. The van der Waals surface area contributed by atoms with Crippen LogP contribution in [0.1, 0.15) is 6.42 Å². The number of carbonyl (C=O) groups excluding carboxylic acids is 1. The van der Waals surface area contributed by atoms with Crippen LogP contribution in [0.15, 0.2) is 24.3 Å². The minimum absolute atomic E-state index is 0.0239. The van der Waals surface area contributed by atoms with Crippen LogP contribution in [0.3, 0.4) is 0 Å². The first-order valence-corrected chi connectivity index (χ1v) is 9.23. The summed E-state index contributed by atoms with van der Waals surface area (Å²) in [6.07, 6.45) is 0.478. The van der Waals surface area contributed by atoms with Gasteiger partial charge in [0.25, 0.3) is 0 Å². The Morgan fingerprint density at radius 1 is 1.39 bits per heavy atom. The highest BCUT2D eigenvalue weighted by Gasteiger charge is 2.28. The Morgan fingerprint density at radius 2 is 2.09 bits per heavy atom. The Hall–Kier alpha value is -1.67. The van der Waals surface area contributed by atoms with Gasteiger partial charge in [0.05, 0.1) is 18.1 Å². The maximum absolute atomic E-state index is 12.7. The van der Waals surface area contributed by atoms with E-state index in [1.165, 1.54) is 12.1 Å². The molecule has 0 aliphatic carbocycles. The molecule has 1 aliphatic heterocycles. The molecule has 8 heteroatoms. The molecule has 6 nitrogen and oxygen atoms in total. The van der Waals surface area contributed by atoms with Crippen molar-refractivity contribution < 1.29 is 22.3 Å². The van der Waals surface area contributed by atoms with Gasteiger partial charge in [-0.3, -0.25) is 9.69 Å². The van der Waals surface area contributed by atoms with E-state index in [2.05, 4.69) is 5.32 Å². The molecule has 1 fully saturated rings. The van der Waals surface area contributed by atoms with Crippen molar-refractivity contribution in [2.24, 2.45) is 0 Å². The van der Waals surface area contributed by atoms with Crippen LogP contribution < -0.4 is 10.1 Å². The molecular weight excluding hydrogens is 323 g/mol. The number of nitrogens with one attached hydrogen (secondary N) is 1. The third kappa shape index (κ3) is 6.15. The average molecular weight is 344 g/mol. The SMILES string of the molecule is CN(CCOc1ccc(F)cc1)CC(=O)N[C@H]1CCS(=O)(=O)C1. The molecule has 0 aromatic heterocycles. The van der Waals surface area contributed by atoms with Gasteiger partial charge in [-0.15, -0.1) is 0 Å². The van der Waals surface area contributed by atoms with E-state index in [9.17, 15) is 17.6 Å². The van der Waals surface area contributed by atoms with Gasteiger partial charge in [0.2, 0.25) is 5.91 Å². The van der Waals surface area contributed by atoms with Gasteiger partial charge in [-0.2, -0.15) is 0 Å². The van der Waals surface area contributed by atoms with Crippen molar-refractivity contribution in [3.8, 4) is 5.75 Å². The van der Waals surface area contributed by atoms with E-state index in [-0.39, 0.29) is 35.8 Å². The fourth-order valence-corrected chi connectivity index (χ4v) is 4.03. The van der Waals surface area contributed by atoms with Crippen LogP contribution in [-0.2, 0) is 14.6 Å². The molecule has 0 spiro atoms. The first-order valence-electron chi connectivity index (χ1n) is 7.41. The number of hydrogen-bond acceptors (Lipinski definition) is 5. The summed E-state index contributed by atoms with van der Waals surface area (Å²) in [5, 5.41) is 2.74. The normalized spacial score (nSPS) is 19.7. The molecule has 1 aromatic rings. The molecule has 1 saturated heterocycles. The van der Waals surface area contributed by atoms with Gasteiger partial charge in [-0.1, -0.05) is 0 Å². The van der Waals surface area contributed by atoms with Crippen molar-refractivity contribution >= 4 is 15.7 Å². The van der Waals surface area contributed by atoms with Crippen molar-refractivity contribution in [3.05, 3.63) is 30.1 Å². The molecule has 1 amide bonds. The number of rotatable bonds is 7. The third-order valence-corrected chi connectivity index (χ3v) is 5.33. The monoisotopic (exact) mass is 344 g/mol. The molecule has 0 unspecified atom stereocenters. The van der Waals surface area contributed by atoms with Crippen LogP contribution in [-0.4, -0.2) is 63.5 Å². The summed E-state index contributed by atoms with van der Waals surface area (Å²) in [4.78, 5) is 13.6. The third-order valence-electron chi connectivity index (χ3n) is 3.57. The number of hydrogen-bond donors (Lipinski definition) is 1. The lowest BCUT2D eigenvalue weighted by Crippen LogP contribution is -2.42. The molecule has 1 heterocycles. The number of nitrogens with zero attached hydrogens (tertiary/aromatic N) is 1. The van der Waals surface area contributed by atoms with E-state index in [0.717, 1.165) is 0 Å². The molecular formula is C15H21FN2O4S. The smallest absolute Gasteiger partial charge is 0.234 e. The predicted octanol–water partition coefficient (Wildman–Crippen LogP) is 0.440. The largest absolute Gasteiger partial charge is 0.492 e. The number of ether oxygens (including phenoxy) is 1. The van der Waals surface area contributed by atoms with E-state index in [1.807, 2.05) is 0 Å². The van der Waals surface area contributed by atoms with Gasteiger partial charge >= 0.3 is 0 Å². The molecule has 23 heavy (non-hydrogen) atoms. The fourth-order valence-electron chi connectivity index (χ4n) is 2.36. The maximum Gasteiger partial charge on any atom is 0.234 e. The second kappa shape index (κ2) is 7.74. The highest BCUT2D eigenvalue weighted by atomic mass is 32.2. The molecule has 0 bridgehead atoms. The highest BCUT2D eigenvalue weighted by molar-refractivity contribution is 7.91. The van der Waals surface area contributed by atoms with Crippen LogP contribution >= 0.6 is 0 Å². The molecule has 0 radical (unpaired) electrons. The molecule has 1 aromatic carbocycles. The minimum atomic E-state index is -2.99. The van der Waals surface area contributed by atoms with E-state index >= 15 is 0 Å². The first kappa shape index (κ1) is 17.7. The summed E-state index contributed by atoms with van der Waals surface area (Å²) in [6.45, 7) is 1.06. The Morgan fingerprint density at radius 3 is 2.70 bits per heavy atom. The van der Waals surface area contributed by atoms with Crippen molar-refractivity contribution in [2.75, 3.05) is 38.2 Å². The van der Waals surface area contributed by atoms with Crippen molar-refractivity contribution in [2.45, 2.75) is 12.5 Å². The zero-order valence-corrected chi connectivity index (χ0v) is 13.8. The zero-order valence-electron chi connectivity index (χ0n) is 13.0. The second-order valence-electron chi connectivity index (χ2n) is 5.71. The number of carbonyl (C=O) groups is 1. The van der Waals surface area contributed by atoms with E-state index in [0.29, 0.717) is 25.3 Å². The van der Waals surface area contributed by atoms with Crippen LogP contribution in [0, 0.1) is 5.82 Å². The van der Waals surface area contributed by atoms with Gasteiger partial charge in [0, 0.05) is 12.6 Å². The number of likely N-dealkylation sites (N-methyl/N-ethyl adjacent to an activating group) is 1. The predicted molar refractivity (Wildman–Crippen MR) is 84.6 cm³/mol. The Bertz CT molecular complexity index is 633. The number of sulfone groups is 1. The van der Waals surface area contributed by atoms with Crippen LogP contribution in [0.5, 0.6) is 5.75 Å². The lowest BCUT2D eigenvalue weighted by Gasteiger charge is -2.18. The quantitative estimate of drug-likeness (QED) is 0.777. The summed E-state index contributed by atoms with van der Waals surface area (Å²) in [5.74, 6) is 0.215. The van der Waals surface area contributed by atoms with Crippen LogP contribution in [0.4, 0.5) is 4.39 Å². The van der Waals surface area contributed by atoms with Gasteiger partial charge < -0.3 is 10.1 Å². The molecule has 1 N–H and O–H groups in total. The lowest BCUT2D eigenvalue weighted by atomic mass is 10.2. The standard InChI is InChI=1S/C15H21FN2O4S/c1-18(7-8-22-14-4-2-12(16)3-5-14)10-15(19)17-13-6-9-23(20,21)11-13/h2-5,13H,6-11H2,1H3,(H,17,19)/t13-/m0/s1. The Balaban J connectivity index is 1.65. The maximum atomic E-state index is 12.7. The number of amides is 1. The summed E-state index contributed by atoms with van der Waals surface area (Å²) >= 11 is 0. The minimum Gasteiger partial charge on any atom is -0.492 e. The fraction of sp³-hybridized carbons (Fsp3) is 0.533. The van der Waals surface area contributed by atoms with Crippen LogP contribution in [0.25, 0.3) is 0 Å². The van der Waals surface area contributed by atoms with Gasteiger partial charge in [-0.05, 0) is 37.7 Å². The summed E-state index contributed by atoms with van der Waals surface area (Å²) in [6, 6.07) is 5.45. The van der Waals surface area contributed by atoms with E-state index in [1.54, 1.807) is 24.1 Å². The van der Waals surface area contributed by atoms with Crippen molar-refractivity contribution in [3.63, 3.8) is 0 Å². The molecule has 1 atom stereocenters. The van der Waals surface area contributed by atoms with Gasteiger partial charge in [0.15, 0.2) is 9.84 Å². The van der Waals surface area contributed by atoms with Crippen molar-refractivity contribution in [1.29, 1.82) is 0 Å². The first-order chi connectivity index (χ1) is 10.8. The average Bonchev–Trinajstić information content (AvgIpc) is 2.79. The topological polar surface area (TPSA) is 75.7 Å². The summed E-state index contributed by atoms with van der Waals surface area (Å²) in [7, 11) is -1.22. The van der Waals surface area contributed by atoms with Crippen LogP contribution in [0.2, 0.25) is 0 Å². The van der Waals surface area contributed by atoms with E-state index < -0.39 is 9.84 Å².